The summed E-state index contributed by atoms with van der Waals surface area (Å²) in [4.78, 5) is 29.7. The first-order valence-electron chi connectivity index (χ1n) is 10.9. The van der Waals surface area contributed by atoms with Crippen molar-refractivity contribution < 1.29 is 18.7 Å². The van der Waals surface area contributed by atoms with Crippen LogP contribution in [-0.2, 0) is 22.7 Å². The number of nitriles is 1. The average molecular weight is 458 g/mol. The Balaban J connectivity index is 1.58. The number of carbonyl (C=O) groups excluding carboxylic acids is 2. The lowest BCUT2D eigenvalue weighted by atomic mass is 10.0. The van der Waals surface area contributed by atoms with E-state index in [9.17, 15) is 14.0 Å². The molecule has 1 saturated heterocycles. The van der Waals surface area contributed by atoms with E-state index in [1.54, 1.807) is 65.4 Å². The van der Waals surface area contributed by atoms with Gasteiger partial charge in [0.25, 0.3) is 0 Å². The van der Waals surface area contributed by atoms with E-state index < -0.39 is 5.92 Å². The lowest BCUT2D eigenvalue weighted by Gasteiger charge is -2.26. The molecule has 1 heterocycles. The van der Waals surface area contributed by atoms with E-state index in [-0.39, 0.29) is 43.7 Å². The second-order valence-electron chi connectivity index (χ2n) is 8.21. The van der Waals surface area contributed by atoms with Gasteiger partial charge in [-0.3, -0.25) is 9.59 Å². The van der Waals surface area contributed by atoms with Gasteiger partial charge < -0.3 is 14.5 Å². The number of para-hydroxylation sites is 2. The molecule has 6 nitrogen and oxygen atoms in total. The summed E-state index contributed by atoms with van der Waals surface area (Å²) in [6.07, 6.45) is 0.0872. The van der Waals surface area contributed by atoms with E-state index >= 15 is 0 Å². The maximum absolute atomic E-state index is 13.8. The molecule has 1 aliphatic rings. The van der Waals surface area contributed by atoms with E-state index in [0.29, 0.717) is 22.6 Å². The van der Waals surface area contributed by atoms with Gasteiger partial charge in [0.05, 0.1) is 30.3 Å². The quantitative estimate of drug-likeness (QED) is 0.531. The molecule has 1 aliphatic heterocycles. The fourth-order valence-corrected chi connectivity index (χ4v) is 4.19. The van der Waals surface area contributed by atoms with Crippen molar-refractivity contribution in [2.45, 2.75) is 19.5 Å². The van der Waals surface area contributed by atoms with Crippen LogP contribution in [0.25, 0.3) is 0 Å². The number of halogens is 1. The van der Waals surface area contributed by atoms with Crippen molar-refractivity contribution in [3.63, 3.8) is 0 Å². The van der Waals surface area contributed by atoms with Gasteiger partial charge in [0.15, 0.2) is 0 Å². The predicted molar refractivity (Wildman–Crippen MR) is 125 cm³/mol. The van der Waals surface area contributed by atoms with E-state index in [2.05, 4.69) is 6.07 Å². The molecular weight excluding hydrogens is 433 g/mol. The normalized spacial score (nSPS) is 15.1. The summed E-state index contributed by atoms with van der Waals surface area (Å²) in [7, 11) is 1.54. The molecule has 0 bridgehead atoms. The molecule has 0 saturated carbocycles. The van der Waals surface area contributed by atoms with Crippen molar-refractivity contribution in [1.29, 1.82) is 5.26 Å². The van der Waals surface area contributed by atoms with E-state index in [1.807, 2.05) is 12.1 Å². The molecule has 1 atom stereocenters. The molecule has 0 N–H and O–H groups in total. The molecule has 172 valence electrons. The highest BCUT2D eigenvalue weighted by Crippen LogP contribution is 2.33. The Bertz CT molecular complexity index is 1240. The third-order valence-electron chi connectivity index (χ3n) is 5.88. The lowest BCUT2D eigenvalue weighted by molar-refractivity contribution is -0.137. The van der Waals surface area contributed by atoms with Gasteiger partial charge in [-0.15, -0.1) is 0 Å². The second-order valence-corrected chi connectivity index (χ2v) is 8.21. The number of anilines is 1. The van der Waals surface area contributed by atoms with Crippen molar-refractivity contribution in [3.8, 4) is 11.8 Å². The van der Waals surface area contributed by atoms with Gasteiger partial charge >= 0.3 is 0 Å². The number of hydrogen-bond donors (Lipinski definition) is 0. The monoisotopic (exact) mass is 457 g/mol. The zero-order valence-electron chi connectivity index (χ0n) is 18.8. The fourth-order valence-electron chi connectivity index (χ4n) is 4.19. The molecule has 2 amide bonds. The predicted octanol–water partition coefficient (Wildman–Crippen LogP) is 4.29. The molecule has 0 aromatic heterocycles. The van der Waals surface area contributed by atoms with Crippen LogP contribution in [0, 0.1) is 23.1 Å². The Morgan fingerprint density at radius 1 is 1.09 bits per heavy atom. The van der Waals surface area contributed by atoms with Crippen LogP contribution in [0.15, 0.2) is 72.8 Å². The lowest BCUT2D eigenvalue weighted by Crippen LogP contribution is -2.36. The maximum Gasteiger partial charge on any atom is 0.228 e. The van der Waals surface area contributed by atoms with E-state index in [4.69, 9.17) is 10.00 Å². The van der Waals surface area contributed by atoms with Crippen molar-refractivity contribution >= 4 is 17.5 Å². The topological polar surface area (TPSA) is 73.6 Å². The summed E-state index contributed by atoms with van der Waals surface area (Å²) in [5, 5.41) is 9.05. The zero-order valence-corrected chi connectivity index (χ0v) is 18.8. The summed E-state index contributed by atoms with van der Waals surface area (Å²) in [6.45, 7) is 0.724. The summed E-state index contributed by atoms with van der Waals surface area (Å²) in [5.41, 5.74) is 2.66. The van der Waals surface area contributed by atoms with Crippen molar-refractivity contribution in [3.05, 3.63) is 95.3 Å². The number of methoxy groups -OCH3 is 1. The summed E-state index contributed by atoms with van der Waals surface area (Å²) < 4.78 is 19.2. The minimum absolute atomic E-state index is 0.0872. The molecule has 3 aromatic carbocycles. The Kier molecular flexibility index (Phi) is 6.88. The third-order valence-corrected chi connectivity index (χ3v) is 5.88. The molecule has 0 radical (unpaired) electrons. The van der Waals surface area contributed by atoms with Gasteiger partial charge in [0.1, 0.15) is 11.6 Å². The Morgan fingerprint density at radius 3 is 2.53 bits per heavy atom. The van der Waals surface area contributed by atoms with Crippen molar-refractivity contribution in [2.24, 2.45) is 5.92 Å². The van der Waals surface area contributed by atoms with Crippen molar-refractivity contribution in [2.75, 3.05) is 18.6 Å². The first kappa shape index (κ1) is 23.0. The van der Waals surface area contributed by atoms with E-state index in [1.165, 1.54) is 12.1 Å². The van der Waals surface area contributed by atoms with Crippen LogP contribution in [0.5, 0.6) is 5.75 Å². The molecular formula is C27H24FN3O3. The van der Waals surface area contributed by atoms with E-state index in [0.717, 1.165) is 5.56 Å². The summed E-state index contributed by atoms with van der Waals surface area (Å²) in [6, 6.07) is 22.4. The highest BCUT2D eigenvalue weighted by atomic mass is 19.1. The van der Waals surface area contributed by atoms with Crippen LogP contribution in [-0.4, -0.2) is 30.4 Å². The first-order valence-corrected chi connectivity index (χ1v) is 10.9. The fraction of sp³-hybridized carbons (Fsp3) is 0.222. The first-order chi connectivity index (χ1) is 16.5. The molecule has 7 heteroatoms. The van der Waals surface area contributed by atoms with Crippen LogP contribution < -0.4 is 9.64 Å². The molecule has 3 aromatic rings. The Morgan fingerprint density at radius 2 is 1.82 bits per heavy atom. The van der Waals surface area contributed by atoms with Crippen LogP contribution in [0.1, 0.15) is 23.1 Å². The minimum Gasteiger partial charge on any atom is -0.495 e. The number of ether oxygens (including phenoxy) is 1. The minimum atomic E-state index is -0.538. The van der Waals surface area contributed by atoms with Gasteiger partial charge in [0, 0.05) is 26.1 Å². The third kappa shape index (κ3) is 5.07. The molecule has 0 spiro atoms. The molecule has 1 fully saturated rings. The van der Waals surface area contributed by atoms with Gasteiger partial charge in [-0.2, -0.15) is 5.26 Å². The number of nitrogens with zero attached hydrogens (tertiary/aromatic N) is 3. The Hall–Kier alpha value is -4.18. The molecule has 4 rings (SSSR count). The SMILES string of the molecule is COc1ccccc1N1CC(C(=O)N(Cc2ccc(C#N)cc2)Cc2cccc(F)c2)CC1=O. The molecule has 34 heavy (non-hydrogen) atoms. The van der Waals surface area contributed by atoms with Gasteiger partial charge in [-0.05, 0) is 47.5 Å². The number of rotatable bonds is 7. The number of hydrogen-bond acceptors (Lipinski definition) is 4. The van der Waals surface area contributed by atoms with Gasteiger partial charge in [-0.1, -0.05) is 36.4 Å². The van der Waals surface area contributed by atoms with Gasteiger partial charge in [0.2, 0.25) is 11.8 Å². The number of carbonyl (C=O) groups is 2. The van der Waals surface area contributed by atoms with Crippen LogP contribution >= 0.6 is 0 Å². The molecule has 0 aliphatic carbocycles. The van der Waals surface area contributed by atoms with Crippen LogP contribution in [0.2, 0.25) is 0 Å². The highest BCUT2D eigenvalue weighted by Gasteiger charge is 2.38. The standard InChI is InChI=1S/C27H24FN3O3/c1-34-25-8-3-2-7-24(25)31-18-22(14-26(31)32)27(33)30(17-21-5-4-6-23(28)13-21)16-20-11-9-19(15-29)10-12-20/h2-13,22H,14,16-18H2,1H3. The largest absolute Gasteiger partial charge is 0.495 e. The Labute approximate surface area is 197 Å². The summed E-state index contributed by atoms with van der Waals surface area (Å²) >= 11 is 0. The van der Waals surface area contributed by atoms with Crippen LogP contribution in [0.4, 0.5) is 10.1 Å². The smallest absolute Gasteiger partial charge is 0.228 e. The van der Waals surface area contributed by atoms with Gasteiger partial charge in [-0.25, -0.2) is 4.39 Å². The molecule has 1 unspecified atom stereocenters. The van der Waals surface area contributed by atoms with Crippen LogP contribution in [0.3, 0.4) is 0 Å². The number of amides is 2. The van der Waals surface area contributed by atoms with Crippen molar-refractivity contribution in [1.82, 2.24) is 4.90 Å². The zero-order chi connectivity index (χ0) is 24.1. The summed E-state index contributed by atoms with van der Waals surface area (Å²) in [5.74, 6) is -0.671. The average Bonchev–Trinajstić information content (AvgIpc) is 3.25. The highest BCUT2D eigenvalue weighted by molar-refractivity contribution is 6.01. The number of benzene rings is 3. The second kappa shape index (κ2) is 10.2. The maximum atomic E-state index is 13.8.